The minimum atomic E-state index is -3.67. The summed E-state index contributed by atoms with van der Waals surface area (Å²) in [4.78, 5) is 6.56. The molecular formula is C19H19N7O2S. The summed E-state index contributed by atoms with van der Waals surface area (Å²) in [5.74, 6) is 1.48. The molecule has 1 fully saturated rings. The zero-order valence-electron chi connectivity index (χ0n) is 16.0. The number of fused-ring (bicyclic) bond motifs is 2. The topological polar surface area (TPSA) is 96.6 Å². The fourth-order valence-corrected chi connectivity index (χ4v) is 5.06. The second kappa shape index (κ2) is 6.46. The van der Waals surface area contributed by atoms with E-state index in [1.54, 1.807) is 36.0 Å². The quantitative estimate of drug-likeness (QED) is 0.504. The van der Waals surface area contributed by atoms with Gasteiger partial charge in [-0.05, 0) is 31.2 Å². The van der Waals surface area contributed by atoms with Gasteiger partial charge in [0.2, 0.25) is 10.0 Å². The first kappa shape index (κ1) is 18.0. The maximum absolute atomic E-state index is 13.2. The van der Waals surface area contributed by atoms with Gasteiger partial charge in [0.05, 0.1) is 11.6 Å². The van der Waals surface area contributed by atoms with E-state index in [0.717, 1.165) is 11.2 Å². The smallest absolute Gasteiger partial charge is 0.245 e. The van der Waals surface area contributed by atoms with Crippen LogP contribution in [0, 0.1) is 6.92 Å². The van der Waals surface area contributed by atoms with Crippen LogP contribution >= 0.6 is 0 Å². The van der Waals surface area contributed by atoms with Gasteiger partial charge < -0.3 is 4.90 Å². The van der Waals surface area contributed by atoms with Crippen LogP contribution in [0.15, 0.2) is 53.6 Å². The summed E-state index contributed by atoms with van der Waals surface area (Å²) >= 11 is 0. The van der Waals surface area contributed by atoms with Crippen LogP contribution in [0.1, 0.15) is 5.82 Å². The number of aromatic nitrogens is 5. The summed E-state index contributed by atoms with van der Waals surface area (Å²) < 4.78 is 29.6. The first-order valence-electron chi connectivity index (χ1n) is 9.21. The predicted molar refractivity (Wildman–Crippen MR) is 108 cm³/mol. The second-order valence-corrected chi connectivity index (χ2v) is 9.09. The monoisotopic (exact) mass is 409 g/mol. The standard InChI is InChI=1S/C19H19N7O2S/c1-13-21-22-17-8-9-18(23-26(13)17)25-11-15(12-25)24(2)29(27,28)16-7-3-5-14-6-4-10-20-19(14)16/h3-10,15H,11-12H2,1-2H3. The van der Waals surface area contributed by atoms with E-state index in [2.05, 4.69) is 20.3 Å². The molecule has 5 rings (SSSR count). The van der Waals surface area contributed by atoms with Crippen molar-refractivity contribution in [1.82, 2.24) is 29.1 Å². The van der Waals surface area contributed by atoms with Gasteiger partial charge in [-0.15, -0.1) is 15.3 Å². The molecule has 10 heteroatoms. The number of aryl methyl sites for hydroxylation is 1. The third-order valence-electron chi connectivity index (χ3n) is 5.36. The molecule has 1 aliphatic heterocycles. The van der Waals surface area contributed by atoms with Gasteiger partial charge in [0.1, 0.15) is 10.7 Å². The number of hydrogen-bond donors (Lipinski definition) is 0. The normalized spacial score (nSPS) is 15.3. The molecule has 0 saturated carbocycles. The summed E-state index contributed by atoms with van der Waals surface area (Å²) in [6.07, 6.45) is 1.61. The maximum atomic E-state index is 13.2. The zero-order valence-corrected chi connectivity index (χ0v) is 16.8. The lowest BCUT2D eigenvalue weighted by atomic mass is 10.1. The van der Waals surface area contributed by atoms with Crippen molar-refractivity contribution in [2.75, 3.05) is 25.0 Å². The molecule has 1 saturated heterocycles. The number of benzene rings is 1. The molecule has 0 spiro atoms. The zero-order chi connectivity index (χ0) is 20.2. The van der Waals surface area contributed by atoms with E-state index >= 15 is 0 Å². The van der Waals surface area contributed by atoms with Crippen LogP contribution in [0.4, 0.5) is 5.82 Å². The molecule has 0 atom stereocenters. The first-order valence-corrected chi connectivity index (χ1v) is 10.6. The lowest BCUT2D eigenvalue weighted by molar-refractivity contribution is 0.309. The fourth-order valence-electron chi connectivity index (χ4n) is 3.56. The molecule has 0 amide bonds. The summed E-state index contributed by atoms with van der Waals surface area (Å²) in [6, 6.07) is 12.5. The Hall–Kier alpha value is -3.11. The Balaban J connectivity index is 1.38. The van der Waals surface area contributed by atoms with Crippen LogP contribution in [0.3, 0.4) is 0 Å². The van der Waals surface area contributed by atoms with Crippen LogP contribution in [0.5, 0.6) is 0 Å². The summed E-state index contributed by atoms with van der Waals surface area (Å²) in [7, 11) is -2.04. The summed E-state index contributed by atoms with van der Waals surface area (Å²) in [5.41, 5.74) is 1.18. The molecule has 0 aliphatic carbocycles. The number of sulfonamides is 1. The van der Waals surface area contributed by atoms with Crippen LogP contribution in [-0.2, 0) is 10.0 Å². The number of anilines is 1. The largest absolute Gasteiger partial charge is 0.352 e. The van der Waals surface area contributed by atoms with Crippen molar-refractivity contribution in [2.45, 2.75) is 17.9 Å². The molecule has 1 aliphatic rings. The lowest BCUT2D eigenvalue weighted by Gasteiger charge is -2.43. The minimum Gasteiger partial charge on any atom is -0.352 e. The van der Waals surface area contributed by atoms with E-state index in [-0.39, 0.29) is 10.9 Å². The van der Waals surface area contributed by atoms with Crippen LogP contribution < -0.4 is 4.90 Å². The molecule has 4 heterocycles. The number of nitrogens with zero attached hydrogens (tertiary/aromatic N) is 7. The third-order valence-corrected chi connectivity index (χ3v) is 7.30. The highest BCUT2D eigenvalue weighted by molar-refractivity contribution is 7.89. The van der Waals surface area contributed by atoms with Gasteiger partial charge in [-0.2, -0.15) is 8.82 Å². The highest BCUT2D eigenvalue weighted by atomic mass is 32.2. The number of likely N-dealkylation sites (N-methyl/N-ethyl adjacent to an activating group) is 1. The molecule has 4 aromatic rings. The van der Waals surface area contributed by atoms with E-state index in [1.165, 1.54) is 4.31 Å². The van der Waals surface area contributed by atoms with Crippen LogP contribution in [-0.4, -0.2) is 63.7 Å². The van der Waals surface area contributed by atoms with Crippen molar-refractivity contribution in [1.29, 1.82) is 0 Å². The molecule has 29 heavy (non-hydrogen) atoms. The highest BCUT2D eigenvalue weighted by Gasteiger charge is 2.38. The first-order chi connectivity index (χ1) is 13.9. The van der Waals surface area contributed by atoms with Gasteiger partial charge in [-0.25, -0.2) is 8.42 Å². The molecule has 0 N–H and O–H groups in total. The van der Waals surface area contributed by atoms with Gasteiger partial charge in [0, 0.05) is 31.7 Å². The van der Waals surface area contributed by atoms with Gasteiger partial charge in [0.25, 0.3) is 0 Å². The Kier molecular flexibility index (Phi) is 4.00. The number of hydrogen-bond acceptors (Lipinski definition) is 7. The number of para-hydroxylation sites is 1. The third kappa shape index (κ3) is 2.83. The van der Waals surface area contributed by atoms with Gasteiger partial charge in [-0.1, -0.05) is 18.2 Å². The van der Waals surface area contributed by atoms with E-state index in [1.807, 2.05) is 36.1 Å². The van der Waals surface area contributed by atoms with Gasteiger partial charge >= 0.3 is 0 Å². The molecule has 9 nitrogen and oxygen atoms in total. The molecule has 148 valence electrons. The predicted octanol–water partition coefficient (Wildman–Crippen LogP) is 1.49. The van der Waals surface area contributed by atoms with Crippen molar-refractivity contribution >= 4 is 32.4 Å². The minimum absolute atomic E-state index is 0.140. The van der Waals surface area contributed by atoms with Crippen molar-refractivity contribution in [3.05, 3.63) is 54.5 Å². The van der Waals surface area contributed by atoms with Crippen molar-refractivity contribution in [3.8, 4) is 0 Å². The maximum Gasteiger partial charge on any atom is 0.245 e. The van der Waals surface area contributed by atoms with Gasteiger partial charge in [-0.3, -0.25) is 4.98 Å². The molecule has 0 unspecified atom stereocenters. The molecule has 0 bridgehead atoms. The Morgan fingerprint density at radius 2 is 1.86 bits per heavy atom. The summed E-state index contributed by atoms with van der Waals surface area (Å²) in [5, 5.41) is 13.4. The lowest BCUT2D eigenvalue weighted by Crippen LogP contribution is -2.60. The molecule has 1 aromatic carbocycles. The average Bonchev–Trinajstić information content (AvgIpc) is 3.07. The Labute approximate surface area is 167 Å². The van der Waals surface area contributed by atoms with E-state index < -0.39 is 10.0 Å². The van der Waals surface area contributed by atoms with Crippen LogP contribution in [0.25, 0.3) is 16.6 Å². The summed E-state index contributed by atoms with van der Waals surface area (Å²) in [6.45, 7) is 2.97. The highest BCUT2D eigenvalue weighted by Crippen LogP contribution is 2.28. The van der Waals surface area contributed by atoms with Crippen LogP contribution in [0.2, 0.25) is 0 Å². The molecule has 0 radical (unpaired) electrons. The average molecular weight is 409 g/mol. The van der Waals surface area contributed by atoms with E-state index in [9.17, 15) is 8.42 Å². The van der Waals surface area contributed by atoms with Crippen molar-refractivity contribution in [3.63, 3.8) is 0 Å². The Morgan fingerprint density at radius 3 is 2.69 bits per heavy atom. The fraction of sp³-hybridized carbons (Fsp3) is 0.263. The Morgan fingerprint density at radius 1 is 1.07 bits per heavy atom. The number of rotatable bonds is 4. The SMILES string of the molecule is Cc1nnc2ccc(N3CC(N(C)S(=O)(=O)c4cccc5cccnc45)C3)nn12. The van der Waals surface area contributed by atoms with Crippen molar-refractivity contribution in [2.24, 2.45) is 0 Å². The van der Waals surface area contributed by atoms with E-state index in [0.29, 0.717) is 30.1 Å². The van der Waals surface area contributed by atoms with E-state index in [4.69, 9.17) is 0 Å². The molecule has 3 aromatic heterocycles. The number of pyridine rings is 1. The second-order valence-electron chi connectivity index (χ2n) is 7.12. The molecular weight excluding hydrogens is 390 g/mol. The van der Waals surface area contributed by atoms with Crippen molar-refractivity contribution < 1.29 is 8.42 Å². The Bertz CT molecular complexity index is 1320. The van der Waals surface area contributed by atoms with Gasteiger partial charge in [0.15, 0.2) is 11.5 Å².